The lowest BCUT2D eigenvalue weighted by Crippen LogP contribution is -2.23. The van der Waals surface area contributed by atoms with Crippen molar-refractivity contribution in [2.24, 2.45) is 0 Å². The van der Waals surface area contributed by atoms with Crippen LogP contribution in [0.4, 0.5) is 0 Å². The Balaban J connectivity index is 0.000000332. The third-order valence-corrected chi connectivity index (χ3v) is 14.5. The van der Waals surface area contributed by atoms with Crippen molar-refractivity contribution in [1.29, 1.82) is 0 Å². The summed E-state index contributed by atoms with van der Waals surface area (Å²) < 4.78 is 56.2. The van der Waals surface area contributed by atoms with Crippen LogP contribution in [-0.2, 0) is 49.2 Å². The number of phenols is 1. The monoisotopic (exact) mass is 896 g/mol. The topological polar surface area (TPSA) is 208 Å². The third-order valence-electron chi connectivity index (χ3n) is 10.2. The standard InChI is InChI=1S/C25H42NO6PSi.C17H24NO7P/c1-9-32-33(5,28)14-12-26-16-18(2)10-11-20-23(29-4)19(3)21-17-31-25(27)22(21)24(20)30-13-15-34(6,7)8;1-10(8-18-6-7-26(21,22)23)4-5-12-15(19)14-13(9-25-17(14)20)11(2)16(12)24-3/h10,26H,9,11-17H2,1-8H3;4,18-19H,5-9H2,1-3H3,(H2,21,22,23)/b18-10+;10-4+. The lowest BCUT2D eigenvalue weighted by molar-refractivity contribution is 0.0523. The number of carbonyl (C=O) groups is 2. The van der Waals surface area contributed by atoms with Crippen molar-refractivity contribution in [1.82, 2.24) is 10.6 Å². The Kier molecular flexibility index (Phi) is 19.1. The molecule has 0 radical (unpaired) electrons. The van der Waals surface area contributed by atoms with Gasteiger partial charge in [-0.3, -0.25) is 9.13 Å². The van der Waals surface area contributed by atoms with Gasteiger partial charge in [-0.2, -0.15) is 0 Å². The summed E-state index contributed by atoms with van der Waals surface area (Å²) in [7, 11) is -4.67. The van der Waals surface area contributed by atoms with Gasteiger partial charge in [0.05, 0.1) is 33.6 Å². The normalized spacial score (nSPS) is 15.1. The molecular weight excluding hydrogens is 830 g/mol. The quantitative estimate of drug-likeness (QED) is 0.0264. The zero-order chi connectivity index (χ0) is 45.0. The summed E-state index contributed by atoms with van der Waals surface area (Å²) in [6.45, 7) is 21.5. The molecule has 4 rings (SSSR count). The first-order valence-electron chi connectivity index (χ1n) is 20.1. The molecule has 2 heterocycles. The fraction of sp³-hybridized carbons (Fsp3) is 0.571. The zero-order valence-corrected chi connectivity index (χ0v) is 40.0. The molecule has 0 fully saturated rings. The van der Waals surface area contributed by atoms with Crippen molar-refractivity contribution in [3.63, 3.8) is 0 Å². The van der Waals surface area contributed by atoms with Gasteiger partial charge < -0.3 is 53.7 Å². The number of phenolic OH excluding ortho intramolecular Hbond substituents is 1. The number of hydrogen-bond donors (Lipinski definition) is 5. The Morgan fingerprint density at radius 2 is 1.28 bits per heavy atom. The summed E-state index contributed by atoms with van der Waals surface area (Å²) in [6, 6.07) is 0.994. The maximum absolute atomic E-state index is 12.6. The van der Waals surface area contributed by atoms with Crippen LogP contribution in [0.15, 0.2) is 23.3 Å². The van der Waals surface area contributed by atoms with Gasteiger partial charge in [-0.25, -0.2) is 9.59 Å². The molecule has 18 heteroatoms. The summed E-state index contributed by atoms with van der Waals surface area (Å²) in [5, 5.41) is 16.8. The fourth-order valence-corrected chi connectivity index (χ4v) is 9.17. The van der Waals surface area contributed by atoms with E-state index in [0.29, 0.717) is 80.0 Å². The van der Waals surface area contributed by atoms with E-state index in [4.69, 9.17) is 38.0 Å². The maximum atomic E-state index is 12.6. The van der Waals surface area contributed by atoms with E-state index >= 15 is 0 Å². The van der Waals surface area contributed by atoms with E-state index in [9.17, 15) is 23.8 Å². The van der Waals surface area contributed by atoms with E-state index in [1.165, 1.54) is 7.11 Å². The van der Waals surface area contributed by atoms with Crippen LogP contribution in [0.1, 0.15) is 74.9 Å². The van der Waals surface area contributed by atoms with Crippen molar-refractivity contribution < 1.29 is 61.8 Å². The fourth-order valence-electron chi connectivity index (χ4n) is 6.77. The lowest BCUT2D eigenvalue weighted by Gasteiger charge is -2.21. The molecule has 2 aliphatic heterocycles. The summed E-state index contributed by atoms with van der Waals surface area (Å²) in [4.78, 5) is 42.1. The van der Waals surface area contributed by atoms with E-state index in [0.717, 1.165) is 45.2 Å². The van der Waals surface area contributed by atoms with Crippen LogP contribution in [0.2, 0.25) is 25.7 Å². The summed E-state index contributed by atoms with van der Waals surface area (Å²) in [5.41, 5.74) is 7.39. The number of benzene rings is 2. The molecule has 1 unspecified atom stereocenters. The predicted octanol–water partition coefficient (Wildman–Crippen LogP) is 7.05. The Hall–Kier alpha value is -3.46. The SMILES string of the molecule is CCOP(C)(=O)CCNC/C(C)=C/Cc1c(OC)c(C)c2c(c1OCC[Si](C)(C)C)C(=O)OC2.COc1c(C)c2c(c(O)c1C/C=C(\C)CNCCP(=O)(O)O)C(=O)OC2. The minimum atomic E-state index is -4.00. The van der Waals surface area contributed by atoms with E-state index in [-0.39, 0.29) is 43.2 Å². The highest BCUT2D eigenvalue weighted by atomic mass is 31.2. The van der Waals surface area contributed by atoms with E-state index < -0.39 is 29.0 Å². The second kappa shape index (κ2) is 22.6. The Morgan fingerprint density at radius 1 is 0.800 bits per heavy atom. The number of rotatable bonds is 22. The van der Waals surface area contributed by atoms with Crippen LogP contribution in [0, 0.1) is 13.8 Å². The van der Waals surface area contributed by atoms with Gasteiger partial charge in [0, 0.05) is 69.3 Å². The maximum Gasteiger partial charge on any atom is 0.342 e. The average Bonchev–Trinajstić information content (AvgIpc) is 3.75. The van der Waals surface area contributed by atoms with E-state index in [1.54, 1.807) is 13.8 Å². The number of ether oxygens (including phenoxy) is 5. The number of nitrogens with one attached hydrogen (secondary N) is 2. The number of hydrogen-bond acceptors (Lipinski definition) is 13. The van der Waals surface area contributed by atoms with Crippen molar-refractivity contribution in [3.8, 4) is 23.0 Å². The smallest absolute Gasteiger partial charge is 0.342 e. The number of methoxy groups -OCH3 is 2. The Morgan fingerprint density at radius 3 is 1.78 bits per heavy atom. The van der Waals surface area contributed by atoms with Crippen LogP contribution in [0.3, 0.4) is 0 Å². The van der Waals surface area contributed by atoms with Crippen LogP contribution in [0.25, 0.3) is 0 Å². The summed E-state index contributed by atoms with van der Waals surface area (Å²) in [6.07, 6.45) is 5.20. The molecule has 60 heavy (non-hydrogen) atoms. The molecule has 2 aromatic rings. The molecule has 336 valence electrons. The first-order chi connectivity index (χ1) is 28.1. The van der Waals surface area contributed by atoms with Gasteiger partial charge in [0.1, 0.15) is 47.3 Å². The molecule has 0 amide bonds. The molecule has 1 atom stereocenters. The number of carbonyl (C=O) groups excluding carboxylic acids is 2. The number of allylic oxidation sites excluding steroid dienone is 2. The predicted molar refractivity (Wildman–Crippen MR) is 237 cm³/mol. The largest absolute Gasteiger partial charge is 0.507 e. The molecule has 0 spiro atoms. The molecule has 2 aromatic carbocycles. The number of cyclic esters (lactones) is 2. The van der Waals surface area contributed by atoms with Crippen molar-refractivity contribution in [2.75, 3.05) is 72.6 Å². The molecule has 0 bridgehead atoms. The second-order valence-corrected chi connectivity index (χ2v) is 26.5. The molecule has 0 aromatic heterocycles. The Bertz CT molecular complexity index is 2020. The van der Waals surface area contributed by atoms with Gasteiger partial charge >= 0.3 is 19.5 Å². The van der Waals surface area contributed by atoms with Crippen LogP contribution in [0.5, 0.6) is 23.0 Å². The highest BCUT2D eigenvalue weighted by Gasteiger charge is 2.34. The Labute approximate surface area is 356 Å². The minimum Gasteiger partial charge on any atom is -0.507 e. The van der Waals surface area contributed by atoms with Crippen LogP contribution < -0.4 is 24.8 Å². The minimum absolute atomic E-state index is 0.122. The van der Waals surface area contributed by atoms with Crippen molar-refractivity contribution in [3.05, 3.63) is 67.8 Å². The number of esters is 2. The molecule has 0 saturated carbocycles. The second-order valence-electron chi connectivity index (χ2n) is 16.4. The van der Waals surface area contributed by atoms with E-state index in [2.05, 4.69) is 36.4 Å². The van der Waals surface area contributed by atoms with Crippen molar-refractivity contribution >= 4 is 35.0 Å². The molecule has 15 nitrogen and oxygen atoms in total. The average molecular weight is 897 g/mol. The third kappa shape index (κ3) is 14.6. The molecular formula is C42H66N2O13P2Si. The zero-order valence-electron chi connectivity index (χ0n) is 37.2. The molecule has 0 aliphatic carbocycles. The van der Waals surface area contributed by atoms with Gasteiger partial charge in [0.25, 0.3) is 0 Å². The number of aromatic hydroxyl groups is 1. The number of fused-ring (bicyclic) bond motifs is 2. The lowest BCUT2D eigenvalue weighted by atomic mass is 9.95. The van der Waals surface area contributed by atoms with Gasteiger partial charge in [0.15, 0.2) is 0 Å². The van der Waals surface area contributed by atoms with E-state index in [1.807, 2.05) is 40.7 Å². The highest BCUT2D eigenvalue weighted by Crippen LogP contribution is 2.44. The summed E-state index contributed by atoms with van der Waals surface area (Å²) in [5.74, 6) is 0.885. The van der Waals surface area contributed by atoms with Crippen LogP contribution in [-0.4, -0.2) is 108 Å². The molecule has 2 aliphatic rings. The van der Waals surface area contributed by atoms with Gasteiger partial charge in [0.2, 0.25) is 7.37 Å². The van der Waals surface area contributed by atoms with Crippen LogP contribution >= 0.6 is 15.0 Å². The first kappa shape index (κ1) is 50.9. The van der Waals surface area contributed by atoms with Crippen molar-refractivity contribution in [2.45, 2.75) is 86.4 Å². The summed E-state index contributed by atoms with van der Waals surface area (Å²) >= 11 is 0. The molecule has 5 N–H and O–H groups in total. The highest BCUT2D eigenvalue weighted by molar-refractivity contribution is 7.58. The molecule has 0 saturated heterocycles. The van der Waals surface area contributed by atoms with Gasteiger partial charge in [-0.05, 0) is 64.6 Å². The van der Waals surface area contributed by atoms with Gasteiger partial charge in [-0.1, -0.05) is 42.9 Å². The van der Waals surface area contributed by atoms with Gasteiger partial charge in [-0.15, -0.1) is 0 Å². The first-order valence-corrected chi connectivity index (χ1v) is 27.9.